The summed E-state index contributed by atoms with van der Waals surface area (Å²) in [6.45, 7) is 3.36. The molecule has 1 saturated heterocycles. The van der Waals surface area contributed by atoms with E-state index in [0.717, 1.165) is 4.57 Å². The number of aliphatic hydroxyl groups excluding tert-OH is 2. The van der Waals surface area contributed by atoms with Gasteiger partial charge in [0.05, 0.1) is 6.61 Å². The fourth-order valence-corrected chi connectivity index (χ4v) is 2.52. The third-order valence-corrected chi connectivity index (χ3v) is 3.79. The molecule has 1 aromatic heterocycles. The quantitative estimate of drug-likeness (QED) is 0.460. The van der Waals surface area contributed by atoms with E-state index >= 15 is 0 Å². The summed E-state index contributed by atoms with van der Waals surface area (Å²) >= 11 is 0. The molecule has 2 rings (SSSR count). The number of nitrogens with two attached hydrogens (primary N) is 2. The van der Waals surface area contributed by atoms with Gasteiger partial charge in [-0.2, -0.15) is 4.98 Å². The SMILES string of the molecule is CC(C)C(OC[C@H]1O[C@@H](n2ccc(N)nc2=O)[C@H](O)[C@@H]1O)C(N)=O. The lowest BCUT2D eigenvalue weighted by atomic mass is 10.1. The van der Waals surface area contributed by atoms with Crippen LogP contribution in [-0.4, -0.2) is 56.7 Å². The normalized spacial score (nSPS) is 28.2. The molecule has 5 atom stereocenters. The van der Waals surface area contributed by atoms with Crippen molar-refractivity contribution in [2.75, 3.05) is 12.3 Å². The first-order valence-electron chi connectivity index (χ1n) is 7.49. The van der Waals surface area contributed by atoms with Gasteiger partial charge in [0.15, 0.2) is 6.23 Å². The second kappa shape index (κ2) is 7.26. The van der Waals surface area contributed by atoms with Crippen molar-refractivity contribution >= 4 is 11.7 Å². The Kier molecular flexibility index (Phi) is 5.54. The fraction of sp³-hybridized carbons (Fsp3) is 0.643. The minimum atomic E-state index is -1.37. The van der Waals surface area contributed by atoms with Gasteiger partial charge in [-0.25, -0.2) is 4.79 Å². The highest BCUT2D eigenvalue weighted by molar-refractivity contribution is 5.79. The van der Waals surface area contributed by atoms with Crippen LogP contribution in [0.5, 0.6) is 0 Å². The maximum Gasteiger partial charge on any atom is 0.351 e. The Morgan fingerprint density at radius 2 is 2.12 bits per heavy atom. The maximum atomic E-state index is 11.8. The molecule has 1 aliphatic heterocycles. The molecule has 10 heteroatoms. The summed E-state index contributed by atoms with van der Waals surface area (Å²) in [5.41, 5.74) is 9.95. The van der Waals surface area contributed by atoms with Gasteiger partial charge < -0.3 is 31.2 Å². The highest BCUT2D eigenvalue weighted by Gasteiger charge is 2.44. The number of nitrogen functional groups attached to an aromatic ring is 1. The van der Waals surface area contributed by atoms with Gasteiger partial charge in [-0.3, -0.25) is 9.36 Å². The zero-order valence-electron chi connectivity index (χ0n) is 13.4. The number of nitrogens with zero attached hydrogens (tertiary/aromatic N) is 2. The van der Waals surface area contributed by atoms with E-state index in [1.807, 2.05) is 0 Å². The number of hydrogen-bond donors (Lipinski definition) is 4. The zero-order chi connectivity index (χ0) is 18.0. The van der Waals surface area contributed by atoms with E-state index in [0.29, 0.717) is 0 Å². The van der Waals surface area contributed by atoms with Crippen LogP contribution in [0.15, 0.2) is 17.1 Å². The number of aromatic nitrogens is 2. The van der Waals surface area contributed by atoms with Crippen molar-refractivity contribution in [1.29, 1.82) is 0 Å². The number of carbonyl (C=O) groups excluding carboxylic acids is 1. The van der Waals surface area contributed by atoms with Crippen LogP contribution in [0.25, 0.3) is 0 Å². The van der Waals surface area contributed by atoms with E-state index in [1.165, 1.54) is 12.3 Å². The number of aliphatic hydroxyl groups is 2. The number of amides is 1. The Labute approximate surface area is 138 Å². The molecule has 1 amide bonds. The number of rotatable bonds is 6. The molecule has 10 nitrogen and oxygen atoms in total. The van der Waals surface area contributed by atoms with E-state index in [1.54, 1.807) is 13.8 Å². The second-order valence-corrected chi connectivity index (χ2v) is 5.99. The van der Waals surface area contributed by atoms with Gasteiger partial charge in [-0.05, 0) is 12.0 Å². The lowest BCUT2D eigenvalue weighted by Gasteiger charge is -2.21. The van der Waals surface area contributed by atoms with Crippen LogP contribution in [0.1, 0.15) is 20.1 Å². The van der Waals surface area contributed by atoms with Gasteiger partial charge in [0.1, 0.15) is 30.2 Å². The smallest absolute Gasteiger partial charge is 0.351 e. The highest BCUT2D eigenvalue weighted by Crippen LogP contribution is 2.29. The Balaban J connectivity index is 2.09. The molecule has 1 fully saturated rings. The van der Waals surface area contributed by atoms with E-state index in [2.05, 4.69) is 4.98 Å². The average Bonchev–Trinajstić information content (AvgIpc) is 2.75. The summed E-state index contributed by atoms with van der Waals surface area (Å²) in [6, 6.07) is 1.37. The summed E-state index contributed by atoms with van der Waals surface area (Å²) in [4.78, 5) is 26.7. The van der Waals surface area contributed by atoms with Crippen LogP contribution in [0.2, 0.25) is 0 Å². The lowest BCUT2D eigenvalue weighted by Crippen LogP contribution is -2.40. The first-order valence-corrected chi connectivity index (χ1v) is 7.49. The Hall–Kier alpha value is -2.01. The molecule has 0 aromatic carbocycles. The number of primary amides is 1. The minimum absolute atomic E-state index is 0.0328. The molecule has 134 valence electrons. The zero-order valence-corrected chi connectivity index (χ0v) is 13.4. The number of carbonyl (C=O) groups is 1. The molecule has 0 spiro atoms. The Morgan fingerprint density at radius 1 is 1.46 bits per heavy atom. The predicted octanol–water partition coefficient (Wildman–Crippen LogP) is -2.03. The van der Waals surface area contributed by atoms with Gasteiger partial charge in [0.25, 0.3) is 0 Å². The molecule has 0 saturated carbocycles. The molecule has 24 heavy (non-hydrogen) atoms. The average molecular weight is 342 g/mol. The van der Waals surface area contributed by atoms with Crippen LogP contribution in [-0.2, 0) is 14.3 Å². The second-order valence-electron chi connectivity index (χ2n) is 5.99. The first-order chi connectivity index (χ1) is 11.2. The molecule has 1 aliphatic rings. The summed E-state index contributed by atoms with van der Waals surface area (Å²) < 4.78 is 11.9. The first kappa shape index (κ1) is 18.3. The molecular formula is C14H22N4O6. The third kappa shape index (κ3) is 3.73. The Morgan fingerprint density at radius 3 is 2.67 bits per heavy atom. The van der Waals surface area contributed by atoms with Crippen LogP contribution in [0, 0.1) is 5.92 Å². The summed E-state index contributed by atoms with van der Waals surface area (Å²) in [5.74, 6) is -0.760. The summed E-state index contributed by atoms with van der Waals surface area (Å²) in [6.07, 6.45) is -4.28. The molecule has 1 aromatic rings. The van der Waals surface area contributed by atoms with Crippen molar-refractivity contribution < 1.29 is 24.5 Å². The van der Waals surface area contributed by atoms with Gasteiger partial charge in [-0.1, -0.05) is 13.8 Å². The van der Waals surface area contributed by atoms with Crippen LogP contribution in [0.4, 0.5) is 5.82 Å². The lowest BCUT2D eigenvalue weighted by molar-refractivity contribution is -0.138. The van der Waals surface area contributed by atoms with E-state index < -0.39 is 42.2 Å². The molecule has 0 bridgehead atoms. The molecular weight excluding hydrogens is 320 g/mol. The van der Waals surface area contributed by atoms with Crippen molar-refractivity contribution in [3.63, 3.8) is 0 Å². The number of hydrogen-bond acceptors (Lipinski definition) is 8. The molecule has 6 N–H and O–H groups in total. The molecule has 0 aliphatic carbocycles. The largest absolute Gasteiger partial charge is 0.387 e. The summed E-state index contributed by atoms with van der Waals surface area (Å²) in [5, 5.41) is 20.2. The van der Waals surface area contributed by atoms with E-state index in [9.17, 15) is 19.8 Å². The van der Waals surface area contributed by atoms with Gasteiger partial charge in [0, 0.05) is 6.20 Å². The molecule has 0 radical (unpaired) electrons. The Bertz CT molecular complexity index is 648. The fourth-order valence-electron chi connectivity index (χ4n) is 2.52. The van der Waals surface area contributed by atoms with E-state index in [-0.39, 0.29) is 18.3 Å². The number of ether oxygens (including phenoxy) is 2. The van der Waals surface area contributed by atoms with E-state index in [4.69, 9.17) is 20.9 Å². The standard InChI is InChI=1S/C14H22N4O6/c1-6(2)11(12(16)21)23-5-7-9(19)10(20)13(24-7)18-4-3-8(15)17-14(18)22/h3-4,6-7,9-11,13,19-20H,5H2,1-2H3,(H2,16,21)(H2,15,17,22)/t7-,9-,10-,11?,13-/m1/s1. The van der Waals surface area contributed by atoms with Crippen molar-refractivity contribution in [2.24, 2.45) is 11.7 Å². The van der Waals surface area contributed by atoms with Gasteiger partial charge >= 0.3 is 5.69 Å². The number of anilines is 1. The van der Waals surface area contributed by atoms with Crippen molar-refractivity contribution in [3.05, 3.63) is 22.7 Å². The highest BCUT2D eigenvalue weighted by atomic mass is 16.6. The van der Waals surface area contributed by atoms with Gasteiger partial charge in [-0.15, -0.1) is 0 Å². The third-order valence-electron chi connectivity index (χ3n) is 3.79. The van der Waals surface area contributed by atoms with Crippen LogP contribution in [0.3, 0.4) is 0 Å². The minimum Gasteiger partial charge on any atom is -0.387 e. The monoisotopic (exact) mass is 342 g/mol. The van der Waals surface area contributed by atoms with Gasteiger partial charge in [0.2, 0.25) is 5.91 Å². The van der Waals surface area contributed by atoms with Crippen molar-refractivity contribution in [2.45, 2.75) is 44.5 Å². The predicted molar refractivity (Wildman–Crippen MR) is 82.6 cm³/mol. The van der Waals surface area contributed by atoms with Crippen molar-refractivity contribution in [3.8, 4) is 0 Å². The maximum absolute atomic E-state index is 11.8. The summed E-state index contributed by atoms with van der Waals surface area (Å²) in [7, 11) is 0. The van der Waals surface area contributed by atoms with Crippen LogP contribution >= 0.6 is 0 Å². The molecule has 1 unspecified atom stereocenters. The molecule has 2 heterocycles. The topological polar surface area (TPSA) is 163 Å². The van der Waals surface area contributed by atoms with Crippen LogP contribution < -0.4 is 17.2 Å². The van der Waals surface area contributed by atoms with Crippen molar-refractivity contribution in [1.82, 2.24) is 9.55 Å².